The molecule has 0 saturated heterocycles. The second-order valence-corrected chi connectivity index (χ2v) is 6.86. The third-order valence-electron chi connectivity index (χ3n) is 4.55. The van der Waals surface area contributed by atoms with Crippen LogP contribution in [0.5, 0.6) is 0 Å². The highest BCUT2D eigenvalue weighted by Gasteiger charge is 2.27. The lowest BCUT2D eigenvalue weighted by Gasteiger charge is -2.34. The Morgan fingerprint density at radius 1 is 1.12 bits per heavy atom. The van der Waals surface area contributed by atoms with Gasteiger partial charge in [0.1, 0.15) is 5.76 Å². The molecule has 138 valence electrons. The van der Waals surface area contributed by atoms with Crippen LogP contribution in [0.25, 0.3) is 0 Å². The quantitative estimate of drug-likeness (QED) is 0.805. The van der Waals surface area contributed by atoms with Crippen LogP contribution in [0.4, 0.5) is 0 Å². The minimum atomic E-state index is -0.618. The Hall–Kier alpha value is -2.60. The van der Waals surface area contributed by atoms with Crippen LogP contribution >= 0.6 is 0 Å². The van der Waals surface area contributed by atoms with Crippen LogP contribution in [-0.2, 0) is 22.6 Å². The number of carbonyl (C=O) groups excluding carboxylic acids is 2. The average Bonchev–Trinajstić information content (AvgIpc) is 3.15. The topological polar surface area (TPSA) is 74.6 Å². The standard InChI is InChI=1S/C20H25N3O3/c1-14(2)22-20(25)19(24)21-12-17(18-8-5-11-26-18)23-10-9-15-6-3-4-7-16(15)13-23/h3-8,11,14,17H,9-10,12-13H2,1-2H3,(H,21,24)(H,22,25). The van der Waals surface area contributed by atoms with Crippen LogP contribution in [0.3, 0.4) is 0 Å². The van der Waals surface area contributed by atoms with E-state index in [4.69, 9.17) is 4.42 Å². The number of rotatable bonds is 5. The first-order valence-corrected chi connectivity index (χ1v) is 8.97. The van der Waals surface area contributed by atoms with Crippen LogP contribution in [0.15, 0.2) is 47.1 Å². The summed E-state index contributed by atoms with van der Waals surface area (Å²) in [6.45, 7) is 5.62. The van der Waals surface area contributed by atoms with Crippen LogP contribution in [0, 0.1) is 0 Å². The van der Waals surface area contributed by atoms with Gasteiger partial charge in [0.25, 0.3) is 0 Å². The lowest BCUT2D eigenvalue weighted by molar-refractivity contribution is -0.139. The molecule has 1 atom stereocenters. The molecule has 0 radical (unpaired) electrons. The molecule has 3 rings (SSSR count). The summed E-state index contributed by atoms with van der Waals surface area (Å²) in [6, 6.07) is 12.0. The van der Waals surface area contributed by atoms with Gasteiger partial charge in [0.05, 0.1) is 12.3 Å². The Balaban J connectivity index is 1.69. The summed E-state index contributed by atoms with van der Waals surface area (Å²) in [5.74, 6) is -0.441. The smallest absolute Gasteiger partial charge is 0.309 e. The zero-order chi connectivity index (χ0) is 18.5. The molecular formula is C20H25N3O3. The third kappa shape index (κ3) is 4.32. The number of carbonyl (C=O) groups is 2. The van der Waals surface area contributed by atoms with Gasteiger partial charge < -0.3 is 15.1 Å². The highest BCUT2D eigenvalue weighted by Crippen LogP contribution is 2.27. The van der Waals surface area contributed by atoms with Gasteiger partial charge in [0.15, 0.2) is 0 Å². The minimum absolute atomic E-state index is 0.0762. The molecule has 26 heavy (non-hydrogen) atoms. The Labute approximate surface area is 153 Å². The molecule has 6 nitrogen and oxygen atoms in total. The molecule has 2 heterocycles. The molecule has 6 heteroatoms. The monoisotopic (exact) mass is 355 g/mol. The summed E-state index contributed by atoms with van der Waals surface area (Å²) in [7, 11) is 0. The molecule has 1 aliphatic rings. The minimum Gasteiger partial charge on any atom is -0.468 e. The Morgan fingerprint density at radius 3 is 2.58 bits per heavy atom. The number of benzene rings is 1. The van der Waals surface area contributed by atoms with Crippen LogP contribution in [0.2, 0.25) is 0 Å². The van der Waals surface area contributed by atoms with Gasteiger partial charge in [-0.15, -0.1) is 0 Å². The first kappa shape index (κ1) is 18.2. The van der Waals surface area contributed by atoms with Crippen molar-refractivity contribution < 1.29 is 14.0 Å². The summed E-state index contributed by atoms with van der Waals surface area (Å²) >= 11 is 0. The Bertz CT molecular complexity index is 755. The van der Waals surface area contributed by atoms with Crippen molar-refractivity contribution in [1.29, 1.82) is 0 Å². The van der Waals surface area contributed by atoms with Crippen molar-refractivity contribution in [2.24, 2.45) is 0 Å². The Morgan fingerprint density at radius 2 is 1.88 bits per heavy atom. The average molecular weight is 355 g/mol. The van der Waals surface area contributed by atoms with E-state index >= 15 is 0 Å². The summed E-state index contributed by atoms with van der Waals surface area (Å²) in [5.41, 5.74) is 2.65. The highest BCUT2D eigenvalue weighted by atomic mass is 16.3. The van der Waals surface area contributed by atoms with Gasteiger partial charge in [0.2, 0.25) is 0 Å². The molecule has 2 N–H and O–H groups in total. The van der Waals surface area contributed by atoms with E-state index in [9.17, 15) is 9.59 Å². The van der Waals surface area contributed by atoms with Gasteiger partial charge in [-0.05, 0) is 43.5 Å². The normalized spacial score (nSPS) is 15.3. The molecule has 0 aliphatic carbocycles. The van der Waals surface area contributed by atoms with E-state index in [2.05, 4.69) is 33.7 Å². The predicted molar refractivity (Wildman–Crippen MR) is 98.3 cm³/mol. The molecule has 1 aromatic carbocycles. The number of furan rings is 1. The van der Waals surface area contributed by atoms with E-state index in [0.29, 0.717) is 6.54 Å². The largest absolute Gasteiger partial charge is 0.468 e. The van der Waals surface area contributed by atoms with Crippen molar-refractivity contribution in [2.45, 2.75) is 38.9 Å². The van der Waals surface area contributed by atoms with Crippen LogP contribution in [-0.4, -0.2) is 35.8 Å². The van der Waals surface area contributed by atoms with Gasteiger partial charge in [-0.3, -0.25) is 14.5 Å². The SMILES string of the molecule is CC(C)NC(=O)C(=O)NCC(c1ccco1)N1CCc2ccccc2C1. The second-order valence-electron chi connectivity index (χ2n) is 6.86. The zero-order valence-corrected chi connectivity index (χ0v) is 15.2. The maximum atomic E-state index is 12.1. The summed E-state index contributed by atoms with van der Waals surface area (Å²) in [5, 5.41) is 5.35. The number of fused-ring (bicyclic) bond motifs is 1. The summed E-state index contributed by atoms with van der Waals surface area (Å²) < 4.78 is 5.60. The molecule has 0 bridgehead atoms. The van der Waals surface area contributed by atoms with Crippen molar-refractivity contribution in [2.75, 3.05) is 13.1 Å². The van der Waals surface area contributed by atoms with Crippen molar-refractivity contribution >= 4 is 11.8 Å². The van der Waals surface area contributed by atoms with Crippen molar-refractivity contribution in [3.05, 3.63) is 59.5 Å². The number of hydrogen-bond acceptors (Lipinski definition) is 4. The number of amides is 2. The number of nitrogens with zero attached hydrogens (tertiary/aromatic N) is 1. The van der Waals surface area contributed by atoms with E-state index in [-0.39, 0.29) is 12.1 Å². The molecule has 0 saturated carbocycles. The summed E-state index contributed by atoms with van der Waals surface area (Å²) in [6.07, 6.45) is 2.59. The molecule has 1 aliphatic heterocycles. The van der Waals surface area contributed by atoms with E-state index in [0.717, 1.165) is 25.3 Å². The fourth-order valence-electron chi connectivity index (χ4n) is 3.27. The molecule has 0 fully saturated rings. The molecule has 0 spiro atoms. The first-order chi connectivity index (χ1) is 12.5. The Kier molecular flexibility index (Phi) is 5.73. The number of hydrogen-bond donors (Lipinski definition) is 2. The van der Waals surface area contributed by atoms with Crippen molar-refractivity contribution in [3.8, 4) is 0 Å². The van der Waals surface area contributed by atoms with Gasteiger partial charge in [-0.1, -0.05) is 24.3 Å². The van der Waals surface area contributed by atoms with Gasteiger partial charge >= 0.3 is 11.8 Å². The predicted octanol–water partition coefficient (Wildman–Crippen LogP) is 2.02. The fourth-order valence-corrected chi connectivity index (χ4v) is 3.27. The number of nitrogens with one attached hydrogen (secondary N) is 2. The molecule has 2 aromatic rings. The third-order valence-corrected chi connectivity index (χ3v) is 4.55. The van der Waals surface area contributed by atoms with Gasteiger partial charge in [-0.25, -0.2) is 0 Å². The van der Waals surface area contributed by atoms with Crippen molar-refractivity contribution in [1.82, 2.24) is 15.5 Å². The van der Waals surface area contributed by atoms with E-state index < -0.39 is 11.8 Å². The van der Waals surface area contributed by atoms with E-state index in [1.54, 1.807) is 6.26 Å². The van der Waals surface area contributed by atoms with Gasteiger partial charge in [0, 0.05) is 25.7 Å². The lowest BCUT2D eigenvalue weighted by atomic mass is 9.98. The first-order valence-electron chi connectivity index (χ1n) is 8.97. The molecule has 1 aromatic heterocycles. The van der Waals surface area contributed by atoms with Crippen LogP contribution < -0.4 is 10.6 Å². The molecular weight excluding hydrogens is 330 g/mol. The van der Waals surface area contributed by atoms with E-state index in [1.807, 2.05) is 32.0 Å². The van der Waals surface area contributed by atoms with E-state index in [1.165, 1.54) is 11.1 Å². The fraction of sp³-hybridized carbons (Fsp3) is 0.400. The lowest BCUT2D eigenvalue weighted by Crippen LogP contribution is -2.46. The zero-order valence-electron chi connectivity index (χ0n) is 15.2. The maximum Gasteiger partial charge on any atom is 0.309 e. The summed E-state index contributed by atoms with van der Waals surface area (Å²) in [4.78, 5) is 26.2. The molecule has 2 amide bonds. The van der Waals surface area contributed by atoms with Gasteiger partial charge in [-0.2, -0.15) is 0 Å². The second kappa shape index (κ2) is 8.19. The maximum absolute atomic E-state index is 12.1. The highest BCUT2D eigenvalue weighted by molar-refractivity contribution is 6.35. The molecule has 1 unspecified atom stereocenters. The van der Waals surface area contributed by atoms with Crippen LogP contribution in [0.1, 0.15) is 36.8 Å². The van der Waals surface area contributed by atoms with Crippen molar-refractivity contribution in [3.63, 3.8) is 0 Å².